The zero-order valence-corrected chi connectivity index (χ0v) is 14.1. The smallest absolute Gasteiger partial charge is 0.119 e. The average Bonchev–Trinajstić information content (AvgIpc) is 3.01. The van der Waals surface area contributed by atoms with Gasteiger partial charge < -0.3 is 4.57 Å². The minimum Gasteiger partial charge on any atom is -0.320 e. The van der Waals surface area contributed by atoms with Crippen LogP contribution in [0.2, 0.25) is 0 Å². The van der Waals surface area contributed by atoms with Crippen molar-refractivity contribution in [2.24, 2.45) is 0 Å². The van der Waals surface area contributed by atoms with Gasteiger partial charge in [0.15, 0.2) is 0 Å². The number of hydrogen-bond donors (Lipinski definition) is 0. The Bertz CT molecular complexity index is 295. The number of aryl methyl sites for hydroxylation is 1. The molecule has 0 N–H and O–H groups in total. The van der Waals surface area contributed by atoms with Gasteiger partial charge in [0.2, 0.25) is 0 Å². The van der Waals surface area contributed by atoms with E-state index in [0.717, 1.165) is 6.54 Å². The second-order valence-electron chi connectivity index (χ2n) is 6.30. The Hall–Kier alpha value is -0.860. The molecule has 122 valence electrons. The molecule has 0 atom stereocenters. The van der Waals surface area contributed by atoms with Gasteiger partial charge in [-0.2, -0.15) is 0 Å². The van der Waals surface area contributed by atoms with E-state index in [1.165, 1.54) is 89.9 Å². The summed E-state index contributed by atoms with van der Waals surface area (Å²) in [6, 6.07) is 0. The van der Waals surface area contributed by atoms with Crippen LogP contribution < -0.4 is 0 Å². The van der Waals surface area contributed by atoms with Gasteiger partial charge in [0, 0.05) is 6.54 Å². The Morgan fingerprint density at radius 2 is 0.952 bits per heavy atom. The minimum absolute atomic E-state index is 1.07. The van der Waals surface area contributed by atoms with Gasteiger partial charge in [0.25, 0.3) is 0 Å². The van der Waals surface area contributed by atoms with Crippen LogP contribution in [0, 0.1) is 0 Å². The number of unbranched alkanes of at least 4 members (excludes halogenated alkanes) is 13. The molecule has 0 amide bonds. The second kappa shape index (κ2) is 14.1. The normalized spacial score (nSPS) is 11.1. The Labute approximate surface area is 131 Å². The summed E-state index contributed by atoms with van der Waals surface area (Å²) >= 11 is 0. The highest BCUT2D eigenvalue weighted by molar-refractivity contribution is 4.59. The molecule has 0 bridgehead atoms. The van der Waals surface area contributed by atoms with Crippen LogP contribution in [0.1, 0.15) is 96.8 Å². The van der Waals surface area contributed by atoms with Crippen molar-refractivity contribution < 1.29 is 0 Å². The van der Waals surface area contributed by atoms with Crippen LogP contribution in [0.5, 0.6) is 0 Å². The molecule has 0 aliphatic carbocycles. The molecule has 1 aromatic heterocycles. The first-order valence-corrected chi connectivity index (χ1v) is 9.26. The lowest BCUT2D eigenvalue weighted by Crippen LogP contribution is -1.94. The van der Waals surface area contributed by atoms with Crippen molar-refractivity contribution in [1.82, 2.24) is 14.8 Å². The second-order valence-corrected chi connectivity index (χ2v) is 6.30. The summed E-state index contributed by atoms with van der Waals surface area (Å²) in [4.78, 5) is 0. The third-order valence-corrected chi connectivity index (χ3v) is 4.24. The van der Waals surface area contributed by atoms with Gasteiger partial charge in [-0.15, -0.1) is 10.2 Å². The van der Waals surface area contributed by atoms with Crippen LogP contribution >= 0.6 is 0 Å². The fourth-order valence-electron chi connectivity index (χ4n) is 2.83. The minimum atomic E-state index is 1.07. The third-order valence-electron chi connectivity index (χ3n) is 4.24. The van der Waals surface area contributed by atoms with Crippen LogP contribution in [-0.4, -0.2) is 14.8 Å². The summed E-state index contributed by atoms with van der Waals surface area (Å²) in [5.41, 5.74) is 0. The Morgan fingerprint density at radius 3 is 1.38 bits per heavy atom. The Kier molecular flexibility index (Phi) is 12.2. The Morgan fingerprint density at radius 1 is 0.571 bits per heavy atom. The molecule has 0 unspecified atom stereocenters. The van der Waals surface area contributed by atoms with Crippen LogP contribution in [0.3, 0.4) is 0 Å². The average molecular weight is 293 g/mol. The summed E-state index contributed by atoms with van der Waals surface area (Å²) in [5, 5.41) is 7.64. The Balaban J connectivity index is 1.69. The van der Waals surface area contributed by atoms with Gasteiger partial charge >= 0.3 is 0 Å². The first kappa shape index (κ1) is 18.2. The number of hydrogen-bond acceptors (Lipinski definition) is 2. The van der Waals surface area contributed by atoms with Gasteiger partial charge in [-0.3, -0.25) is 0 Å². The van der Waals surface area contributed by atoms with E-state index in [2.05, 4.69) is 21.7 Å². The molecule has 21 heavy (non-hydrogen) atoms. The SMILES string of the molecule is CCCCCCCCCCCCCCCCn1cnnc1. The fourth-order valence-corrected chi connectivity index (χ4v) is 2.83. The molecule has 0 aromatic carbocycles. The molecule has 3 heteroatoms. The van der Waals surface area contributed by atoms with E-state index in [4.69, 9.17) is 0 Å². The maximum absolute atomic E-state index is 3.82. The van der Waals surface area contributed by atoms with Crippen LogP contribution in [0.25, 0.3) is 0 Å². The van der Waals surface area contributed by atoms with Gasteiger partial charge in [0.05, 0.1) is 0 Å². The molecule has 0 saturated carbocycles. The van der Waals surface area contributed by atoms with Gasteiger partial charge in [-0.05, 0) is 6.42 Å². The van der Waals surface area contributed by atoms with Crippen LogP contribution in [0.15, 0.2) is 12.7 Å². The van der Waals surface area contributed by atoms with E-state index in [1.54, 1.807) is 0 Å². The van der Waals surface area contributed by atoms with E-state index < -0.39 is 0 Å². The number of rotatable bonds is 15. The quantitative estimate of drug-likeness (QED) is 0.385. The summed E-state index contributed by atoms with van der Waals surface area (Å²) in [6.07, 6.45) is 23.4. The van der Waals surface area contributed by atoms with Crippen molar-refractivity contribution in [1.29, 1.82) is 0 Å². The molecule has 0 aliphatic rings. The molecule has 1 rings (SSSR count). The monoisotopic (exact) mass is 293 g/mol. The first-order valence-electron chi connectivity index (χ1n) is 9.26. The molecular formula is C18H35N3. The molecule has 0 spiro atoms. The zero-order chi connectivity index (χ0) is 15.0. The van der Waals surface area contributed by atoms with Gasteiger partial charge in [-0.1, -0.05) is 90.4 Å². The van der Waals surface area contributed by atoms with Gasteiger partial charge in [0.1, 0.15) is 12.7 Å². The summed E-state index contributed by atoms with van der Waals surface area (Å²) in [5.74, 6) is 0. The third kappa shape index (κ3) is 11.5. The van der Waals surface area contributed by atoms with Crippen LogP contribution in [0.4, 0.5) is 0 Å². The van der Waals surface area contributed by atoms with Crippen molar-refractivity contribution in [3.63, 3.8) is 0 Å². The van der Waals surface area contributed by atoms with E-state index >= 15 is 0 Å². The highest BCUT2D eigenvalue weighted by Crippen LogP contribution is 2.13. The molecule has 0 aliphatic heterocycles. The standard InChI is InChI=1S/C18H35N3/c1-2-3-4-5-6-7-8-9-10-11-12-13-14-15-16-21-17-19-20-18-21/h17-18H,2-16H2,1H3. The lowest BCUT2D eigenvalue weighted by molar-refractivity contribution is 0.524. The molecule has 1 heterocycles. The molecule has 0 saturated heterocycles. The molecule has 0 radical (unpaired) electrons. The number of nitrogens with zero attached hydrogens (tertiary/aromatic N) is 3. The van der Waals surface area contributed by atoms with Gasteiger partial charge in [-0.25, -0.2) is 0 Å². The van der Waals surface area contributed by atoms with Crippen molar-refractivity contribution >= 4 is 0 Å². The largest absolute Gasteiger partial charge is 0.320 e. The van der Waals surface area contributed by atoms with Crippen molar-refractivity contribution in [2.45, 2.75) is 103 Å². The topological polar surface area (TPSA) is 30.7 Å². The maximum atomic E-state index is 3.82. The highest BCUT2D eigenvalue weighted by atomic mass is 15.2. The lowest BCUT2D eigenvalue weighted by Gasteiger charge is -2.03. The van der Waals surface area contributed by atoms with Crippen molar-refractivity contribution in [3.05, 3.63) is 12.7 Å². The lowest BCUT2D eigenvalue weighted by atomic mass is 10.0. The summed E-state index contributed by atoms with van der Waals surface area (Å²) in [7, 11) is 0. The van der Waals surface area contributed by atoms with E-state index in [0.29, 0.717) is 0 Å². The van der Waals surface area contributed by atoms with Crippen molar-refractivity contribution in [2.75, 3.05) is 0 Å². The summed E-state index contributed by atoms with van der Waals surface area (Å²) in [6.45, 7) is 3.36. The zero-order valence-electron chi connectivity index (χ0n) is 14.1. The van der Waals surface area contributed by atoms with E-state index in [1.807, 2.05) is 12.7 Å². The molecule has 0 fully saturated rings. The predicted octanol–water partition coefficient (Wildman–Crippen LogP) is 5.76. The molecular weight excluding hydrogens is 258 g/mol. The van der Waals surface area contributed by atoms with E-state index in [9.17, 15) is 0 Å². The molecule has 3 nitrogen and oxygen atoms in total. The highest BCUT2D eigenvalue weighted by Gasteiger charge is 1.95. The van der Waals surface area contributed by atoms with Crippen molar-refractivity contribution in [3.8, 4) is 0 Å². The fraction of sp³-hybridized carbons (Fsp3) is 0.889. The molecule has 1 aromatic rings. The predicted molar refractivity (Wildman–Crippen MR) is 90.3 cm³/mol. The first-order chi connectivity index (χ1) is 10.4. The maximum Gasteiger partial charge on any atom is 0.119 e. The summed E-state index contributed by atoms with van der Waals surface area (Å²) < 4.78 is 2.07. The number of aromatic nitrogens is 3. The van der Waals surface area contributed by atoms with E-state index in [-0.39, 0.29) is 0 Å². The van der Waals surface area contributed by atoms with Crippen LogP contribution in [-0.2, 0) is 6.54 Å².